The molecule has 6 nitrogen and oxygen atoms in total. The van der Waals surface area contributed by atoms with Crippen molar-refractivity contribution in [3.05, 3.63) is 34.5 Å². The molecule has 7 heteroatoms. The summed E-state index contributed by atoms with van der Waals surface area (Å²) in [7, 11) is 0. The molecule has 0 unspecified atom stereocenters. The Bertz CT molecular complexity index is 596. The molecule has 21 heavy (non-hydrogen) atoms. The van der Waals surface area contributed by atoms with Gasteiger partial charge < -0.3 is 5.11 Å². The summed E-state index contributed by atoms with van der Waals surface area (Å²) in [6.45, 7) is 2.90. The van der Waals surface area contributed by atoms with Gasteiger partial charge in [-0.2, -0.15) is 5.10 Å². The molecule has 112 valence electrons. The van der Waals surface area contributed by atoms with E-state index in [1.807, 2.05) is 17.8 Å². The summed E-state index contributed by atoms with van der Waals surface area (Å²) < 4.78 is 1.61. The van der Waals surface area contributed by atoms with Crippen molar-refractivity contribution in [2.75, 3.05) is 13.1 Å². The van der Waals surface area contributed by atoms with Gasteiger partial charge in [0.05, 0.1) is 5.51 Å². The summed E-state index contributed by atoms with van der Waals surface area (Å²) in [5.74, 6) is -0.495. The van der Waals surface area contributed by atoms with E-state index in [0.29, 0.717) is 5.92 Å². The normalized spacial score (nSPS) is 19.7. The highest BCUT2D eigenvalue weighted by molar-refractivity contribution is 7.09. The first-order valence-electron chi connectivity index (χ1n) is 7.05. The van der Waals surface area contributed by atoms with Crippen molar-refractivity contribution in [1.82, 2.24) is 19.7 Å². The Balaban J connectivity index is 1.68. The van der Waals surface area contributed by atoms with Crippen LogP contribution < -0.4 is 0 Å². The van der Waals surface area contributed by atoms with Gasteiger partial charge in [0.15, 0.2) is 0 Å². The minimum Gasteiger partial charge on any atom is -0.480 e. The zero-order valence-electron chi connectivity index (χ0n) is 11.7. The summed E-state index contributed by atoms with van der Waals surface area (Å²) in [5, 5.41) is 13.1. The van der Waals surface area contributed by atoms with E-state index < -0.39 is 5.97 Å². The zero-order chi connectivity index (χ0) is 14.7. The van der Waals surface area contributed by atoms with Crippen LogP contribution in [0.2, 0.25) is 0 Å². The van der Waals surface area contributed by atoms with E-state index in [9.17, 15) is 4.79 Å². The SMILES string of the molecule is O=C(O)Cn1nccc1[C@H]1CCCN(Cc2cncs2)C1. The molecule has 1 fully saturated rings. The number of aromatic nitrogens is 3. The largest absolute Gasteiger partial charge is 0.480 e. The third kappa shape index (κ3) is 3.48. The second-order valence-electron chi connectivity index (χ2n) is 5.35. The number of carboxylic acid groups (broad SMARTS) is 1. The Morgan fingerprint density at radius 1 is 1.52 bits per heavy atom. The average molecular weight is 306 g/mol. The highest BCUT2D eigenvalue weighted by Gasteiger charge is 2.24. The molecule has 1 atom stereocenters. The van der Waals surface area contributed by atoms with Gasteiger partial charge in [0.25, 0.3) is 0 Å². The Morgan fingerprint density at radius 2 is 2.43 bits per heavy atom. The van der Waals surface area contributed by atoms with Crippen LogP contribution in [0.4, 0.5) is 0 Å². The van der Waals surface area contributed by atoms with E-state index in [-0.39, 0.29) is 6.54 Å². The van der Waals surface area contributed by atoms with Crippen LogP contribution in [0.25, 0.3) is 0 Å². The quantitative estimate of drug-likeness (QED) is 0.912. The lowest BCUT2D eigenvalue weighted by molar-refractivity contribution is -0.137. The standard InChI is InChI=1S/C14H18N4O2S/c19-14(20)9-18-13(3-4-16-18)11-2-1-5-17(7-11)8-12-6-15-10-21-12/h3-4,6,10-11H,1-2,5,7-9H2,(H,19,20)/t11-/m0/s1. The molecule has 3 rings (SSSR count). The third-order valence-electron chi connectivity index (χ3n) is 3.82. The van der Waals surface area contributed by atoms with Gasteiger partial charge in [-0.05, 0) is 25.5 Å². The lowest BCUT2D eigenvalue weighted by Crippen LogP contribution is -2.34. The van der Waals surface area contributed by atoms with Crippen LogP contribution in [0.15, 0.2) is 24.0 Å². The van der Waals surface area contributed by atoms with Crippen molar-refractivity contribution in [3.63, 3.8) is 0 Å². The number of carbonyl (C=O) groups is 1. The predicted molar refractivity (Wildman–Crippen MR) is 79.2 cm³/mol. The fourth-order valence-electron chi connectivity index (χ4n) is 2.93. The predicted octanol–water partition coefficient (Wildman–Crippen LogP) is 1.80. The second kappa shape index (κ2) is 6.36. The number of aliphatic carboxylic acids is 1. The molecule has 1 saturated heterocycles. The molecule has 0 aromatic carbocycles. The van der Waals surface area contributed by atoms with Crippen LogP contribution in [-0.4, -0.2) is 43.8 Å². The van der Waals surface area contributed by atoms with Gasteiger partial charge in [-0.1, -0.05) is 0 Å². The lowest BCUT2D eigenvalue weighted by Gasteiger charge is -2.32. The van der Waals surface area contributed by atoms with Crippen LogP contribution in [0.5, 0.6) is 0 Å². The molecule has 0 radical (unpaired) electrons. The van der Waals surface area contributed by atoms with E-state index in [1.54, 1.807) is 22.2 Å². The summed E-state index contributed by atoms with van der Waals surface area (Å²) in [6, 6.07) is 1.95. The van der Waals surface area contributed by atoms with Gasteiger partial charge in [-0.3, -0.25) is 19.4 Å². The molecular formula is C14H18N4O2S. The molecule has 0 spiro atoms. The minimum absolute atomic E-state index is 0.0618. The number of carboxylic acids is 1. The number of thiazole rings is 1. The maximum Gasteiger partial charge on any atom is 0.325 e. The van der Waals surface area contributed by atoms with Crippen molar-refractivity contribution in [2.45, 2.75) is 31.8 Å². The highest BCUT2D eigenvalue weighted by atomic mass is 32.1. The van der Waals surface area contributed by atoms with Crippen LogP contribution in [0.3, 0.4) is 0 Å². The molecule has 3 heterocycles. The second-order valence-corrected chi connectivity index (χ2v) is 6.32. The molecule has 0 amide bonds. The third-order valence-corrected chi connectivity index (χ3v) is 4.59. The molecule has 1 aliphatic rings. The van der Waals surface area contributed by atoms with E-state index in [4.69, 9.17) is 5.11 Å². The number of hydrogen-bond acceptors (Lipinski definition) is 5. The Morgan fingerprint density at radius 3 is 3.19 bits per heavy atom. The maximum absolute atomic E-state index is 10.9. The van der Waals surface area contributed by atoms with E-state index >= 15 is 0 Å². The molecule has 2 aromatic heterocycles. The molecule has 1 aliphatic heterocycles. The average Bonchev–Trinajstić information content (AvgIpc) is 3.10. The number of nitrogens with zero attached hydrogens (tertiary/aromatic N) is 4. The number of rotatable bonds is 5. The lowest BCUT2D eigenvalue weighted by atomic mass is 9.94. The highest BCUT2D eigenvalue weighted by Crippen LogP contribution is 2.28. The van der Waals surface area contributed by atoms with Gasteiger partial charge in [0.1, 0.15) is 6.54 Å². The number of hydrogen-bond donors (Lipinski definition) is 1. The van der Waals surface area contributed by atoms with Crippen molar-refractivity contribution in [3.8, 4) is 0 Å². The van der Waals surface area contributed by atoms with Gasteiger partial charge in [-0.15, -0.1) is 11.3 Å². The maximum atomic E-state index is 10.9. The molecule has 2 aromatic rings. The number of piperidine rings is 1. The minimum atomic E-state index is -0.850. The molecular weight excluding hydrogens is 288 g/mol. The van der Waals surface area contributed by atoms with Gasteiger partial charge in [0, 0.05) is 42.0 Å². The Labute approximate surface area is 127 Å². The first kappa shape index (κ1) is 14.2. The first-order valence-corrected chi connectivity index (χ1v) is 7.93. The summed E-state index contributed by atoms with van der Waals surface area (Å²) in [6.07, 6.45) is 5.83. The fraction of sp³-hybridized carbons (Fsp3) is 0.500. The van der Waals surface area contributed by atoms with Gasteiger partial charge >= 0.3 is 5.97 Å². The van der Waals surface area contributed by atoms with Crippen molar-refractivity contribution < 1.29 is 9.90 Å². The van der Waals surface area contributed by atoms with E-state index in [2.05, 4.69) is 15.0 Å². The first-order chi connectivity index (χ1) is 10.2. The van der Waals surface area contributed by atoms with Gasteiger partial charge in [-0.25, -0.2) is 0 Å². The molecule has 1 N–H and O–H groups in total. The molecule has 0 saturated carbocycles. The Hall–Kier alpha value is -1.73. The van der Waals surface area contributed by atoms with Gasteiger partial charge in [0.2, 0.25) is 0 Å². The summed E-state index contributed by atoms with van der Waals surface area (Å²) in [4.78, 5) is 18.7. The van der Waals surface area contributed by atoms with Crippen LogP contribution >= 0.6 is 11.3 Å². The zero-order valence-corrected chi connectivity index (χ0v) is 12.5. The van der Waals surface area contributed by atoms with Crippen molar-refractivity contribution >= 4 is 17.3 Å². The smallest absolute Gasteiger partial charge is 0.325 e. The van der Waals surface area contributed by atoms with E-state index in [1.165, 1.54) is 4.88 Å². The van der Waals surface area contributed by atoms with Crippen molar-refractivity contribution in [2.24, 2.45) is 0 Å². The monoisotopic (exact) mass is 306 g/mol. The number of likely N-dealkylation sites (tertiary alicyclic amines) is 1. The molecule has 0 aliphatic carbocycles. The Kier molecular flexibility index (Phi) is 4.31. The van der Waals surface area contributed by atoms with E-state index in [0.717, 1.165) is 38.2 Å². The molecule has 0 bridgehead atoms. The fourth-order valence-corrected chi connectivity index (χ4v) is 3.57. The van der Waals surface area contributed by atoms with Crippen LogP contribution in [-0.2, 0) is 17.9 Å². The van der Waals surface area contributed by atoms with Crippen LogP contribution in [0, 0.1) is 0 Å². The van der Waals surface area contributed by atoms with Crippen molar-refractivity contribution in [1.29, 1.82) is 0 Å². The topological polar surface area (TPSA) is 71.2 Å². The van der Waals surface area contributed by atoms with Crippen LogP contribution in [0.1, 0.15) is 29.3 Å². The summed E-state index contributed by atoms with van der Waals surface area (Å²) >= 11 is 1.68. The summed E-state index contributed by atoms with van der Waals surface area (Å²) in [5.41, 5.74) is 2.89.